The molecule has 1 aliphatic rings. The van der Waals surface area contributed by atoms with Crippen LogP contribution in [0.1, 0.15) is 24.8 Å². The van der Waals surface area contributed by atoms with Crippen molar-refractivity contribution in [2.45, 2.75) is 35.4 Å². The summed E-state index contributed by atoms with van der Waals surface area (Å²) in [5.74, 6) is 5.49. The summed E-state index contributed by atoms with van der Waals surface area (Å²) >= 11 is 1.71. The van der Waals surface area contributed by atoms with Crippen molar-refractivity contribution in [1.29, 1.82) is 0 Å². The Bertz CT molecular complexity index is 650. The van der Waals surface area contributed by atoms with E-state index < -0.39 is 10.0 Å². The summed E-state index contributed by atoms with van der Waals surface area (Å²) in [5, 5.41) is 0.341. The first-order valence-electron chi connectivity index (χ1n) is 6.76. The van der Waals surface area contributed by atoms with Gasteiger partial charge in [0, 0.05) is 29.2 Å². The molecule has 0 radical (unpaired) electrons. The monoisotopic (exact) mass is 325 g/mol. The summed E-state index contributed by atoms with van der Waals surface area (Å²) < 4.78 is 27.7. The maximum atomic E-state index is 12.4. The van der Waals surface area contributed by atoms with Crippen molar-refractivity contribution in [2.75, 3.05) is 12.8 Å². The lowest BCUT2D eigenvalue weighted by atomic mass is 10.3. The number of rotatable bonds is 4. The smallest absolute Gasteiger partial charge is 0.242 e. The first kappa shape index (κ1) is 16.3. The number of hydrogen-bond donors (Lipinski definition) is 2. The average Bonchev–Trinajstić information content (AvgIpc) is 2.92. The van der Waals surface area contributed by atoms with E-state index in [1.807, 2.05) is 6.26 Å². The van der Waals surface area contributed by atoms with Crippen molar-refractivity contribution in [3.8, 4) is 11.8 Å². The van der Waals surface area contributed by atoms with E-state index in [0.717, 1.165) is 19.3 Å². The molecule has 0 spiro atoms. The molecule has 0 amide bonds. The topological polar surface area (TPSA) is 85.1 Å². The van der Waals surface area contributed by atoms with Gasteiger partial charge in [0.05, 0.1) is 6.54 Å². The predicted octanol–water partition coefficient (Wildman–Crippen LogP) is 0.954. The number of nitrogens with zero attached hydrogens (tertiary/aromatic N) is 1. The molecule has 5 nitrogen and oxygen atoms in total. The molecule has 1 aliphatic carbocycles. The van der Waals surface area contributed by atoms with Crippen molar-refractivity contribution >= 4 is 21.8 Å². The van der Waals surface area contributed by atoms with Crippen LogP contribution < -0.4 is 10.5 Å². The second-order valence-electron chi connectivity index (χ2n) is 4.85. The maximum absolute atomic E-state index is 12.4. The highest BCUT2D eigenvalue weighted by molar-refractivity contribution is 7.99. The third kappa shape index (κ3) is 4.20. The number of hydrogen-bond acceptors (Lipinski definition) is 5. The van der Waals surface area contributed by atoms with Crippen molar-refractivity contribution < 1.29 is 8.42 Å². The molecule has 1 aromatic heterocycles. The van der Waals surface area contributed by atoms with Gasteiger partial charge in [-0.2, -0.15) is 11.8 Å². The van der Waals surface area contributed by atoms with Gasteiger partial charge in [0.25, 0.3) is 0 Å². The molecule has 1 aromatic rings. The van der Waals surface area contributed by atoms with Crippen LogP contribution in [0.2, 0.25) is 0 Å². The summed E-state index contributed by atoms with van der Waals surface area (Å²) in [6.07, 6.45) is 7.88. The number of pyridine rings is 1. The molecule has 2 unspecified atom stereocenters. The minimum atomic E-state index is -3.56. The largest absolute Gasteiger partial charge is 0.320 e. The van der Waals surface area contributed by atoms with Gasteiger partial charge in [-0.25, -0.2) is 13.1 Å². The van der Waals surface area contributed by atoms with Crippen LogP contribution in [0.15, 0.2) is 23.4 Å². The van der Waals surface area contributed by atoms with Crippen LogP contribution in [0.25, 0.3) is 0 Å². The lowest BCUT2D eigenvalue weighted by Gasteiger charge is -2.19. The lowest BCUT2D eigenvalue weighted by Crippen LogP contribution is -2.38. The second-order valence-corrected chi connectivity index (χ2v) is 7.64. The summed E-state index contributed by atoms with van der Waals surface area (Å²) in [5.41, 5.74) is 5.86. The van der Waals surface area contributed by atoms with E-state index in [1.165, 1.54) is 18.5 Å². The molecule has 2 atom stereocenters. The molecule has 1 fully saturated rings. The predicted molar refractivity (Wildman–Crippen MR) is 85.4 cm³/mol. The molecule has 0 aliphatic heterocycles. The molecular formula is C14H19N3O2S2. The first-order valence-corrected chi connectivity index (χ1v) is 9.53. The third-order valence-electron chi connectivity index (χ3n) is 3.42. The molecule has 3 N–H and O–H groups in total. The number of nitrogens with two attached hydrogens (primary N) is 1. The van der Waals surface area contributed by atoms with Gasteiger partial charge in [-0.15, -0.1) is 0 Å². The van der Waals surface area contributed by atoms with E-state index in [9.17, 15) is 8.42 Å². The van der Waals surface area contributed by atoms with E-state index >= 15 is 0 Å². The fourth-order valence-electron chi connectivity index (χ4n) is 2.40. The Morgan fingerprint density at radius 1 is 1.48 bits per heavy atom. The number of nitrogens with one attached hydrogen (secondary N) is 1. The molecular weight excluding hydrogens is 306 g/mol. The maximum Gasteiger partial charge on any atom is 0.242 e. The van der Waals surface area contributed by atoms with E-state index in [0.29, 0.717) is 10.8 Å². The summed E-state index contributed by atoms with van der Waals surface area (Å²) in [4.78, 5) is 4.10. The zero-order chi connectivity index (χ0) is 15.3. The normalized spacial score (nSPS) is 21.8. The molecule has 1 saturated carbocycles. The van der Waals surface area contributed by atoms with Gasteiger partial charge in [-0.05, 0) is 25.2 Å². The first-order chi connectivity index (χ1) is 10.1. The van der Waals surface area contributed by atoms with E-state index in [-0.39, 0.29) is 17.5 Å². The quantitative estimate of drug-likeness (QED) is 0.805. The third-order valence-corrected chi connectivity index (χ3v) is 6.05. The van der Waals surface area contributed by atoms with Crippen molar-refractivity contribution in [3.63, 3.8) is 0 Å². The van der Waals surface area contributed by atoms with Crippen LogP contribution in [-0.4, -0.2) is 37.5 Å². The van der Waals surface area contributed by atoms with Gasteiger partial charge in [0.15, 0.2) is 0 Å². The van der Waals surface area contributed by atoms with Crippen LogP contribution in [0.3, 0.4) is 0 Å². The van der Waals surface area contributed by atoms with Crippen LogP contribution >= 0.6 is 11.8 Å². The van der Waals surface area contributed by atoms with E-state index in [2.05, 4.69) is 21.5 Å². The number of thioether (sulfide) groups is 1. The fraction of sp³-hybridized carbons (Fsp3) is 0.500. The minimum Gasteiger partial charge on any atom is -0.320 e. The Morgan fingerprint density at radius 2 is 2.29 bits per heavy atom. The molecule has 114 valence electrons. The Hall–Kier alpha value is -1.07. The molecule has 2 rings (SSSR count). The number of sulfonamides is 1. The van der Waals surface area contributed by atoms with Crippen molar-refractivity contribution in [2.24, 2.45) is 5.73 Å². The Labute approximate surface area is 130 Å². The SMILES string of the molecule is CSC1CCCC1NS(=O)(=O)c1cncc(C#CCN)c1. The summed E-state index contributed by atoms with van der Waals surface area (Å²) in [6, 6.07) is 1.52. The number of aromatic nitrogens is 1. The van der Waals surface area contributed by atoms with Gasteiger partial charge in [-0.3, -0.25) is 4.98 Å². The standard InChI is InChI=1S/C14H19N3O2S2/c1-20-14-6-2-5-13(14)17-21(18,19)12-8-11(4-3-7-15)9-16-10-12/h8-10,13-14,17H,2,5-7,15H2,1H3. The van der Waals surface area contributed by atoms with Crippen LogP contribution in [0, 0.1) is 11.8 Å². The highest BCUT2D eigenvalue weighted by Gasteiger charge is 2.30. The minimum absolute atomic E-state index is 0.0104. The van der Waals surface area contributed by atoms with Gasteiger partial charge in [0.2, 0.25) is 10.0 Å². The Balaban J connectivity index is 2.19. The van der Waals surface area contributed by atoms with E-state index in [4.69, 9.17) is 5.73 Å². The van der Waals surface area contributed by atoms with E-state index in [1.54, 1.807) is 11.8 Å². The zero-order valence-corrected chi connectivity index (χ0v) is 13.5. The van der Waals surface area contributed by atoms with Gasteiger partial charge < -0.3 is 5.73 Å². The Kier molecular flexibility index (Phi) is 5.65. The molecule has 0 aromatic carbocycles. The van der Waals surface area contributed by atoms with Crippen molar-refractivity contribution in [1.82, 2.24) is 9.71 Å². The van der Waals surface area contributed by atoms with Crippen molar-refractivity contribution in [3.05, 3.63) is 24.0 Å². The summed E-state index contributed by atoms with van der Waals surface area (Å²) in [7, 11) is -3.56. The second kappa shape index (κ2) is 7.27. The average molecular weight is 325 g/mol. The fourth-order valence-corrected chi connectivity index (χ4v) is 4.72. The van der Waals surface area contributed by atoms with Gasteiger partial charge >= 0.3 is 0 Å². The highest BCUT2D eigenvalue weighted by Crippen LogP contribution is 2.29. The lowest BCUT2D eigenvalue weighted by molar-refractivity contribution is 0.555. The molecule has 7 heteroatoms. The van der Waals surface area contributed by atoms with Crippen LogP contribution in [0.4, 0.5) is 0 Å². The Morgan fingerprint density at radius 3 is 3.00 bits per heavy atom. The zero-order valence-electron chi connectivity index (χ0n) is 11.9. The van der Waals surface area contributed by atoms with Gasteiger partial charge in [0.1, 0.15) is 4.90 Å². The van der Waals surface area contributed by atoms with Crippen LogP contribution in [-0.2, 0) is 10.0 Å². The summed E-state index contributed by atoms with van der Waals surface area (Å²) in [6.45, 7) is 0.229. The van der Waals surface area contributed by atoms with Crippen LogP contribution in [0.5, 0.6) is 0 Å². The highest BCUT2D eigenvalue weighted by atomic mass is 32.2. The molecule has 0 bridgehead atoms. The molecule has 0 saturated heterocycles. The molecule has 1 heterocycles. The molecule has 21 heavy (non-hydrogen) atoms. The van der Waals surface area contributed by atoms with Gasteiger partial charge in [-0.1, -0.05) is 18.3 Å².